The van der Waals surface area contributed by atoms with Gasteiger partial charge in [0.1, 0.15) is 0 Å². The molecule has 1 aromatic carbocycles. The van der Waals surface area contributed by atoms with Crippen molar-refractivity contribution < 1.29 is 19.4 Å². The Kier molecular flexibility index (Phi) is 5.47. The summed E-state index contributed by atoms with van der Waals surface area (Å²) < 4.78 is 10.3. The van der Waals surface area contributed by atoms with Crippen molar-refractivity contribution in [2.24, 2.45) is 0 Å². The summed E-state index contributed by atoms with van der Waals surface area (Å²) in [6, 6.07) is 6.95. The van der Waals surface area contributed by atoms with Gasteiger partial charge in [-0.15, -0.1) is 0 Å². The maximum absolute atomic E-state index is 12.0. The third-order valence-electron chi connectivity index (χ3n) is 2.72. The maximum atomic E-state index is 12.0. The Balaban J connectivity index is 2.79. The number of nitrogens with one attached hydrogen (secondary N) is 1. The van der Waals surface area contributed by atoms with Crippen molar-refractivity contribution in [3.05, 3.63) is 35.4 Å². The molecule has 0 aromatic heterocycles. The summed E-state index contributed by atoms with van der Waals surface area (Å²) in [6.07, 6.45) is -0.439. The first-order valence-corrected chi connectivity index (χ1v) is 6.02. The van der Waals surface area contributed by atoms with Crippen LogP contribution in [0.25, 0.3) is 0 Å². The highest BCUT2D eigenvalue weighted by Gasteiger charge is 2.20. The molecule has 0 aliphatic rings. The van der Waals surface area contributed by atoms with Crippen molar-refractivity contribution in [2.45, 2.75) is 25.7 Å². The summed E-state index contributed by atoms with van der Waals surface area (Å²) in [7, 11) is 3.11. The minimum Gasteiger partial charge on any atom is -0.394 e. The van der Waals surface area contributed by atoms with Crippen molar-refractivity contribution in [1.82, 2.24) is 5.32 Å². The normalized spacial score (nSPS) is 11.7. The van der Waals surface area contributed by atoms with E-state index in [9.17, 15) is 4.79 Å². The van der Waals surface area contributed by atoms with E-state index in [1.54, 1.807) is 52.3 Å². The average molecular weight is 267 g/mol. The number of ether oxygens (including phenoxy) is 2. The fraction of sp³-hybridized carbons (Fsp3) is 0.500. The second-order valence-electron chi connectivity index (χ2n) is 4.92. The highest BCUT2D eigenvalue weighted by atomic mass is 16.7. The molecule has 1 aromatic rings. The van der Waals surface area contributed by atoms with Crippen molar-refractivity contribution in [3.63, 3.8) is 0 Å². The van der Waals surface area contributed by atoms with Gasteiger partial charge in [0.2, 0.25) is 0 Å². The number of methoxy groups -OCH3 is 2. The van der Waals surface area contributed by atoms with Crippen LogP contribution in [0.4, 0.5) is 0 Å². The summed E-state index contributed by atoms with van der Waals surface area (Å²) in [5, 5.41) is 11.9. The molecule has 0 aliphatic heterocycles. The molecule has 0 bridgehead atoms. The van der Waals surface area contributed by atoms with Crippen molar-refractivity contribution >= 4 is 5.91 Å². The first-order chi connectivity index (χ1) is 8.93. The number of aliphatic hydroxyl groups is 1. The van der Waals surface area contributed by atoms with Gasteiger partial charge >= 0.3 is 0 Å². The van der Waals surface area contributed by atoms with Crippen LogP contribution >= 0.6 is 0 Å². The molecule has 5 nitrogen and oxygen atoms in total. The molecular formula is C14H21NO4. The van der Waals surface area contributed by atoms with Gasteiger partial charge in [0.15, 0.2) is 6.29 Å². The summed E-state index contributed by atoms with van der Waals surface area (Å²) in [5.74, 6) is -0.225. The molecule has 0 spiro atoms. The number of rotatable bonds is 6. The molecule has 0 radical (unpaired) electrons. The molecule has 5 heteroatoms. The molecular weight excluding hydrogens is 246 g/mol. The van der Waals surface area contributed by atoms with Crippen LogP contribution in [-0.4, -0.2) is 37.4 Å². The van der Waals surface area contributed by atoms with E-state index in [0.717, 1.165) is 5.56 Å². The molecule has 0 aliphatic carbocycles. The fourth-order valence-electron chi connectivity index (χ4n) is 1.58. The van der Waals surface area contributed by atoms with E-state index in [1.165, 1.54) is 0 Å². The minimum absolute atomic E-state index is 0.119. The van der Waals surface area contributed by atoms with Gasteiger partial charge in [-0.05, 0) is 26.0 Å². The molecule has 0 atom stereocenters. The number of hydrogen-bond donors (Lipinski definition) is 2. The van der Waals surface area contributed by atoms with Gasteiger partial charge in [-0.1, -0.05) is 12.1 Å². The average Bonchev–Trinajstić information content (AvgIpc) is 2.40. The lowest BCUT2D eigenvalue weighted by atomic mass is 10.1. The Morgan fingerprint density at radius 3 is 2.21 bits per heavy atom. The zero-order valence-corrected chi connectivity index (χ0v) is 11.8. The fourth-order valence-corrected chi connectivity index (χ4v) is 1.58. The summed E-state index contributed by atoms with van der Waals surface area (Å²) in [6.45, 7) is 3.39. The standard InChI is InChI=1S/C14H21NO4/c1-14(2,9-16)15-12(17)10-5-7-11(8-6-10)13(18-3)19-4/h5-8,13,16H,9H2,1-4H3,(H,15,17). The van der Waals surface area contributed by atoms with E-state index in [2.05, 4.69) is 5.32 Å². The quantitative estimate of drug-likeness (QED) is 0.766. The second kappa shape index (κ2) is 6.65. The highest BCUT2D eigenvalue weighted by molar-refractivity contribution is 5.94. The number of carbonyl (C=O) groups excluding carboxylic acids is 1. The van der Waals surface area contributed by atoms with Crippen LogP contribution in [0.15, 0.2) is 24.3 Å². The number of hydrogen-bond acceptors (Lipinski definition) is 4. The van der Waals surface area contributed by atoms with Crippen LogP contribution in [0, 0.1) is 0 Å². The monoisotopic (exact) mass is 267 g/mol. The maximum Gasteiger partial charge on any atom is 0.251 e. The van der Waals surface area contributed by atoms with E-state index >= 15 is 0 Å². The van der Waals surface area contributed by atoms with Crippen LogP contribution in [0.2, 0.25) is 0 Å². The predicted octanol–water partition coefficient (Wildman–Crippen LogP) is 1.48. The number of carbonyl (C=O) groups is 1. The van der Waals surface area contributed by atoms with E-state index in [1.807, 2.05) is 0 Å². The molecule has 2 N–H and O–H groups in total. The first-order valence-electron chi connectivity index (χ1n) is 6.02. The Morgan fingerprint density at radius 1 is 1.26 bits per heavy atom. The molecule has 0 fully saturated rings. The van der Waals surface area contributed by atoms with Gasteiger partial charge in [0.05, 0.1) is 12.1 Å². The molecule has 19 heavy (non-hydrogen) atoms. The summed E-state index contributed by atoms with van der Waals surface area (Å²) >= 11 is 0. The van der Waals surface area contributed by atoms with Crippen LogP contribution in [0.1, 0.15) is 36.1 Å². The smallest absolute Gasteiger partial charge is 0.251 e. The zero-order valence-electron chi connectivity index (χ0n) is 11.8. The lowest BCUT2D eigenvalue weighted by Crippen LogP contribution is -2.46. The van der Waals surface area contributed by atoms with Crippen molar-refractivity contribution in [2.75, 3.05) is 20.8 Å². The lowest BCUT2D eigenvalue weighted by molar-refractivity contribution is -0.106. The highest BCUT2D eigenvalue weighted by Crippen LogP contribution is 2.17. The Bertz CT molecular complexity index is 410. The zero-order chi connectivity index (χ0) is 14.5. The van der Waals surface area contributed by atoms with Crippen LogP contribution < -0.4 is 5.32 Å². The van der Waals surface area contributed by atoms with Gasteiger partial charge in [-0.2, -0.15) is 0 Å². The molecule has 0 unspecified atom stereocenters. The predicted molar refractivity (Wildman–Crippen MR) is 71.8 cm³/mol. The van der Waals surface area contributed by atoms with E-state index in [0.29, 0.717) is 5.56 Å². The van der Waals surface area contributed by atoms with Crippen LogP contribution in [0.5, 0.6) is 0 Å². The minimum atomic E-state index is -0.642. The molecule has 0 saturated carbocycles. The van der Waals surface area contributed by atoms with Gasteiger partial charge < -0.3 is 19.9 Å². The topological polar surface area (TPSA) is 67.8 Å². The van der Waals surface area contributed by atoms with E-state index < -0.39 is 11.8 Å². The SMILES string of the molecule is COC(OC)c1ccc(C(=O)NC(C)(C)CO)cc1. The van der Waals surface area contributed by atoms with Crippen molar-refractivity contribution in [1.29, 1.82) is 0 Å². The Morgan fingerprint density at radius 2 is 1.79 bits per heavy atom. The van der Waals surface area contributed by atoms with Crippen LogP contribution in [0.3, 0.4) is 0 Å². The molecule has 1 amide bonds. The number of benzene rings is 1. The molecule has 0 saturated heterocycles. The number of aliphatic hydroxyl groups excluding tert-OH is 1. The van der Waals surface area contributed by atoms with Gasteiger partial charge in [0, 0.05) is 25.3 Å². The summed E-state index contributed by atoms with van der Waals surface area (Å²) in [5.41, 5.74) is 0.719. The third kappa shape index (κ3) is 4.31. The van der Waals surface area contributed by atoms with Crippen LogP contribution in [-0.2, 0) is 9.47 Å². The molecule has 0 heterocycles. The summed E-state index contributed by atoms with van der Waals surface area (Å²) in [4.78, 5) is 12.0. The Labute approximate surface area is 113 Å². The van der Waals surface area contributed by atoms with Gasteiger partial charge in [-0.25, -0.2) is 0 Å². The first kappa shape index (κ1) is 15.6. The van der Waals surface area contributed by atoms with Crippen molar-refractivity contribution in [3.8, 4) is 0 Å². The Hall–Kier alpha value is -1.43. The van der Waals surface area contributed by atoms with E-state index in [4.69, 9.17) is 14.6 Å². The van der Waals surface area contributed by atoms with E-state index in [-0.39, 0.29) is 12.5 Å². The second-order valence-corrected chi connectivity index (χ2v) is 4.92. The van der Waals surface area contributed by atoms with Gasteiger partial charge in [-0.3, -0.25) is 4.79 Å². The van der Waals surface area contributed by atoms with Gasteiger partial charge in [0.25, 0.3) is 5.91 Å². The lowest BCUT2D eigenvalue weighted by Gasteiger charge is -2.23. The number of amides is 1. The molecule has 106 valence electrons. The molecule has 1 rings (SSSR count). The third-order valence-corrected chi connectivity index (χ3v) is 2.72. The largest absolute Gasteiger partial charge is 0.394 e.